The second-order valence-corrected chi connectivity index (χ2v) is 5.00. The van der Waals surface area contributed by atoms with Gasteiger partial charge in [0, 0.05) is 13.1 Å². The Hall–Kier alpha value is -1.81. The summed E-state index contributed by atoms with van der Waals surface area (Å²) in [5, 5.41) is 0. The van der Waals surface area contributed by atoms with E-state index in [1.54, 1.807) is 13.0 Å². The van der Waals surface area contributed by atoms with Gasteiger partial charge in [-0.25, -0.2) is 0 Å². The van der Waals surface area contributed by atoms with E-state index in [1.165, 1.54) is 11.1 Å². The van der Waals surface area contributed by atoms with Crippen molar-refractivity contribution in [1.29, 1.82) is 0 Å². The van der Waals surface area contributed by atoms with Crippen molar-refractivity contribution in [3.8, 4) is 5.75 Å². The molecule has 0 saturated heterocycles. The molecule has 0 spiro atoms. The monoisotopic (exact) mass is 291 g/mol. The molecule has 0 aliphatic heterocycles. The minimum atomic E-state index is -0.217. The van der Waals surface area contributed by atoms with Crippen LogP contribution in [0.4, 0.5) is 0 Å². The smallest absolute Gasteiger partial charge is 0.320 e. The van der Waals surface area contributed by atoms with E-state index in [-0.39, 0.29) is 12.5 Å². The van der Waals surface area contributed by atoms with Crippen molar-refractivity contribution in [3.63, 3.8) is 0 Å². The molecule has 1 rings (SSSR count). The summed E-state index contributed by atoms with van der Waals surface area (Å²) in [5.41, 5.74) is 2.36. The molecular formula is C17H25NO3. The van der Waals surface area contributed by atoms with Crippen LogP contribution >= 0.6 is 0 Å². The predicted molar refractivity (Wildman–Crippen MR) is 84.7 cm³/mol. The van der Waals surface area contributed by atoms with E-state index in [2.05, 4.69) is 12.6 Å². The second kappa shape index (κ2) is 9.19. The molecule has 4 nitrogen and oxygen atoms in total. The number of benzene rings is 1. The van der Waals surface area contributed by atoms with Crippen LogP contribution in [0.25, 0.3) is 0 Å². The Bertz CT molecular complexity index is 451. The van der Waals surface area contributed by atoms with E-state index in [1.807, 2.05) is 30.9 Å². The molecule has 0 radical (unpaired) electrons. The van der Waals surface area contributed by atoms with Crippen LogP contribution in [0.15, 0.2) is 30.9 Å². The molecular weight excluding hydrogens is 266 g/mol. The highest BCUT2D eigenvalue weighted by Crippen LogP contribution is 2.16. The van der Waals surface area contributed by atoms with Gasteiger partial charge in [-0.1, -0.05) is 12.1 Å². The molecule has 1 aromatic carbocycles. The topological polar surface area (TPSA) is 38.8 Å². The number of rotatable bonds is 9. The Balaban J connectivity index is 2.45. The van der Waals surface area contributed by atoms with Crippen LogP contribution < -0.4 is 4.74 Å². The summed E-state index contributed by atoms with van der Waals surface area (Å²) in [6, 6.07) is 6.13. The molecule has 0 amide bonds. The van der Waals surface area contributed by atoms with Gasteiger partial charge in [0.15, 0.2) is 0 Å². The summed E-state index contributed by atoms with van der Waals surface area (Å²) < 4.78 is 10.7. The Morgan fingerprint density at radius 1 is 1.29 bits per heavy atom. The van der Waals surface area contributed by atoms with Crippen molar-refractivity contribution in [2.75, 3.05) is 32.8 Å². The zero-order chi connectivity index (χ0) is 15.7. The summed E-state index contributed by atoms with van der Waals surface area (Å²) in [4.78, 5) is 13.5. The fourth-order valence-electron chi connectivity index (χ4n) is 2.12. The Morgan fingerprint density at radius 3 is 2.52 bits per heavy atom. The molecule has 116 valence electrons. The molecule has 0 bridgehead atoms. The average molecular weight is 291 g/mol. The molecule has 0 saturated carbocycles. The number of nitrogens with zero attached hydrogens (tertiary/aromatic N) is 1. The minimum Gasteiger partial charge on any atom is -0.492 e. The van der Waals surface area contributed by atoms with Crippen molar-refractivity contribution in [2.45, 2.75) is 20.8 Å². The van der Waals surface area contributed by atoms with E-state index < -0.39 is 0 Å². The molecule has 0 fully saturated rings. The number of ether oxygens (including phenoxy) is 2. The lowest BCUT2D eigenvalue weighted by Gasteiger charge is -2.19. The molecule has 0 unspecified atom stereocenters. The van der Waals surface area contributed by atoms with Crippen LogP contribution in [0.5, 0.6) is 5.75 Å². The van der Waals surface area contributed by atoms with E-state index in [0.29, 0.717) is 26.3 Å². The summed E-state index contributed by atoms with van der Waals surface area (Å²) in [6.07, 6.45) is 1.77. The van der Waals surface area contributed by atoms with E-state index >= 15 is 0 Å². The van der Waals surface area contributed by atoms with E-state index in [0.717, 1.165) is 5.75 Å². The third-order valence-corrected chi connectivity index (χ3v) is 2.92. The first-order chi connectivity index (χ1) is 10.0. The van der Waals surface area contributed by atoms with Crippen LogP contribution in [-0.2, 0) is 9.53 Å². The second-order valence-electron chi connectivity index (χ2n) is 5.00. The Labute approximate surface area is 127 Å². The van der Waals surface area contributed by atoms with Crippen LogP contribution in [0.1, 0.15) is 18.1 Å². The van der Waals surface area contributed by atoms with Crippen LogP contribution in [-0.4, -0.2) is 43.7 Å². The highest BCUT2D eigenvalue weighted by molar-refractivity contribution is 5.71. The van der Waals surface area contributed by atoms with Gasteiger partial charge < -0.3 is 9.47 Å². The van der Waals surface area contributed by atoms with Gasteiger partial charge in [0.1, 0.15) is 12.4 Å². The van der Waals surface area contributed by atoms with Crippen LogP contribution in [0.2, 0.25) is 0 Å². The van der Waals surface area contributed by atoms with Crippen molar-refractivity contribution in [1.82, 2.24) is 4.90 Å². The van der Waals surface area contributed by atoms with Gasteiger partial charge in [-0.2, -0.15) is 0 Å². The third-order valence-electron chi connectivity index (χ3n) is 2.92. The van der Waals surface area contributed by atoms with Crippen LogP contribution in [0.3, 0.4) is 0 Å². The minimum absolute atomic E-state index is 0.217. The summed E-state index contributed by atoms with van der Waals surface area (Å²) in [5.74, 6) is 0.646. The number of aryl methyl sites for hydroxylation is 2. The highest BCUT2D eigenvalue weighted by Gasteiger charge is 2.10. The standard InChI is InChI=1S/C17H25NO3/c1-5-7-18(13-17(19)20-6-2)8-9-21-16-11-14(3)10-15(4)12-16/h5,10-12H,1,6-9,13H2,2-4H3. The van der Waals surface area contributed by atoms with E-state index in [9.17, 15) is 4.79 Å². The fraction of sp³-hybridized carbons (Fsp3) is 0.471. The zero-order valence-corrected chi connectivity index (χ0v) is 13.2. The third kappa shape index (κ3) is 6.95. The quantitative estimate of drug-likeness (QED) is 0.518. The Kier molecular flexibility index (Phi) is 7.54. The van der Waals surface area contributed by atoms with Gasteiger partial charge in [0.25, 0.3) is 0 Å². The zero-order valence-electron chi connectivity index (χ0n) is 13.2. The number of carbonyl (C=O) groups excluding carboxylic acids is 1. The van der Waals surface area contributed by atoms with Gasteiger partial charge in [-0.05, 0) is 44.0 Å². The van der Waals surface area contributed by atoms with Crippen molar-refractivity contribution < 1.29 is 14.3 Å². The van der Waals surface area contributed by atoms with Gasteiger partial charge in [-0.3, -0.25) is 9.69 Å². The highest BCUT2D eigenvalue weighted by atomic mass is 16.5. The number of carbonyl (C=O) groups is 1. The average Bonchev–Trinajstić information content (AvgIpc) is 2.38. The fourth-order valence-corrected chi connectivity index (χ4v) is 2.12. The summed E-state index contributed by atoms with van der Waals surface area (Å²) >= 11 is 0. The summed E-state index contributed by atoms with van der Waals surface area (Å²) in [7, 11) is 0. The molecule has 4 heteroatoms. The Morgan fingerprint density at radius 2 is 1.95 bits per heavy atom. The molecule has 0 aliphatic rings. The molecule has 0 aromatic heterocycles. The van der Waals surface area contributed by atoms with Crippen molar-refractivity contribution in [3.05, 3.63) is 42.0 Å². The van der Waals surface area contributed by atoms with Gasteiger partial charge in [0.2, 0.25) is 0 Å². The van der Waals surface area contributed by atoms with Gasteiger partial charge in [0.05, 0.1) is 13.2 Å². The van der Waals surface area contributed by atoms with Gasteiger partial charge in [-0.15, -0.1) is 6.58 Å². The lowest BCUT2D eigenvalue weighted by molar-refractivity contribution is -0.144. The first kappa shape index (κ1) is 17.2. The number of hydrogen-bond acceptors (Lipinski definition) is 4. The van der Waals surface area contributed by atoms with Crippen molar-refractivity contribution >= 4 is 5.97 Å². The first-order valence-electron chi connectivity index (χ1n) is 7.25. The first-order valence-corrected chi connectivity index (χ1v) is 7.25. The van der Waals surface area contributed by atoms with Gasteiger partial charge >= 0.3 is 5.97 Å². The number of esters is 1. The summed E-state index contributed by atoms with van der Waals surface area (Å²) in [6.45, 7) is 12.1. The predicted octanol–water partition coefficient (Wildman–Crippen LogP) is 2.73. The largest absolute Gasteiger partial charge is 0.492 e. The van der Waals surface area contributed by atoms with Crippen molar-refractivity contribution in [2.24, 2.45) is 0 Å². The van der Waals surface area contributed by atoms with Crippen LogP contribution in [0, 0.1) is 13.8 Å². The lowest BCUT2D eigenvalue weighted by Crippen LogP contribution is -2.34. The molecule has 1 aromatic rings. The molecule has 0 atom stereocenters. The SMILES string of the molecule is C=CCN(CCOc1cc(C)cc(C)c1)CC(=O)OCC. The molecule has 0 aliphatic carbocycles. The molecule has 21 heavy (non-hydrogen) atoms. The maximum atomic E-state index is 11.5. The van der Waals surface area contributed by atoms with E-state index in [4.69, 9.17) is 9.47 Å². The molecule has 0 N–H and O–H groups in total. The maximum absolute atomic E-state index is 11.5. The normalized spacial score (nSPS) is 10.5. The lowest BCUT2D eigenvalue weighted by atomic mass is 10.1. The molecule has 0 heterocycles. The maximum Gasteiger partial charge on any atom is 0.320 e. The number of hydrogen-bond donors (Lipinski definition) is 0.